The molecule has 19 heavy (non-hydrogen) atoms. The topological polar surface area (TPSA) is 32.7 Å². The Labute approximate surface area is 118 Å². The average molecular weight is 269 g/mol. The van der Waals surface area contributed by atoms with Crippen LogP contribution < -0.4 is 0 Å². The summed E-state index contributed by atoms with van der Waals surface area (Å²) in [6.45, 7) is 10.8. The molecule has 1 aliphatic heterocycles. The quantitative estimate of drug-likeness (QED) is 0.851. The second-order valence-corrected chi connectivity index (χ2v) is 6.74. The fourth-order valence-electron chi connectivity index (χ4n) is 3.97. The highest BCUT2D eigenvalue weighted by atomic mass is 16.5. The van der Waals surface area contributed by atoms with Crippen LogP contribution >= 0.6 is 0 Å². The maximum absolute atomic E-state index is 10.3. The molecule has 0 aromatic rings. The van der Waals surface area contributed by atoms with Crippen molar-refractivity contribution in [1.29, 1.82) is 0 Å². The number of nitrogens with zero attached hydrogens (tertiary/aromatic N) is 1. The molecule has 3 heteroatoms. The summed E-state index contributed by atoms with van der Waals surface area (Å²) < 4.78 is 5.70. The molecule has 0 aromatic carbocycles. The third-order valence-corrected chi connectivity index (χ3v) is 5.05. The van der Waals surface area contributed by atoms with Gasteiger partial charge < -0.3 is 14.7 Å². The molecule has 4 unspecified atom stereocenters. The Morgan fingerprint density at radius 1 is 1.16 bits per heavy atom. The molecule has 3 nitrogen and oxygen atoms in total. The number of likely N-dealkylation sites (tertiary alicyclic amines) is 1. The van der Waals surface area contributed by atoms with Crippen LogP contribution in [0.2, 0.25) is 0 Å². The number of piperidine rings is 1. The van der Waals surface area contributed by atoms with Gasteiger partial charge in [-0.15, -0.1) is 0 Å². The number of hydrogen-bond donors (Lipinski definition) is 1. The molecule has 1 heterocycles. The summed E-state index contributed by atoms with van der Waals surface area (Å²) in [5.41, 5.74) is 0. The van der Waals surface area contributed by atoms with Gasteiger partial charge in [-0.25, -0.2) is 0 Å². The zero-order chi connectivity index (χ0) is 13.8. The van der Waals surface area contributed by atoms with E-state index >= 15 is 0 Å². The lowest BCUT2D eigenvalue weighted by Gasteiger charge is -2.41. The molecule has 2 fully saturated rings. The highest BCUT2D eigenvalue weighted by Gasteiger charge is 2.34. The van der Waals surface area contributed by atoms with Crippen molar-refractivity contribution in [3.63, 3.8) is 0 Å². The molecule has 112 valence electrons. The minimum Gasteiger partial charge on any atom is -0.393 e. The number of hydrogen-bond acceptors (Lipinski definition) is 3. The van der Waals surface area contributed by atoms with Crippen molar-refractivity contribution in [3.05, 3.63) is 0 Å². The molecule has 1 saturated heterocycles. The minimum atomic E-state index is -0.0941. The zero-order valence-electron chi connectivity index (χ0n) is 12.8. The van der Waals surface area contributed by atoms with Gasteiger partial charge in [0.2, 0.25) is 0 Å². The van der Waals surface area contributed by atoms with Crippen molar-refractivity contribution in [3.8, 4) is 0 Å². The van der Waals surface area contributed by atoms with Crippen molar-refractivity contribution in [2.75, 3.05) is 26.2 Å². The molecule has 2 rings (SSSR count). The molecule has 0 spiro atoms. The van der Waals surface area contributed by atoms with Crippen molar-refractivity contribution in [1.82, 2.24) is 4.90 Å². The SMILES string of the molecule is CCOC1CCN(CC2C(C)CC(C)CC2O)CC1. The van der Waals surface area contributed by atoms with Crippen LogP contribution in [0.25, 0.3) is 0 Å². The van der Waals surface area contributed by atoms with Gasteiger partial charge in [-0.1, -0.05) is 13.8 Å². The summed E-state index contributed by atoms with van der Waals surface area (Å²) in [6, 6.07) is 0. The Hall–Kier alpha value is -0.120. The Kier molecular flexibility index (Phi) is 5.67. The zero-order valence-corrected chi connectivity index (χ0v) is 12.8. The predicted octanol–water partition coefficient (Wildman–Crippen LogP) is 2.53. The molecule has 0 amide bonds. The lowest BCUT2D eigenvalue weighted by atomic mass is 9.73. The number of ether oxygens (including phenoxy) is 1. The molecule has 0 aromatic heterocycles. The highest BCUT2D eigenvalue weighted by molar-refractivity contribution is 4.86. The van der Waals surface area contributed by atoms with Crippen molar-refractivity contribution in [2.45, 2.75) is 58.7 Å². The number of aliphatic hydroxyl groups excluding tert-OH is 1. The molecular formula is C16H31NO2. The summed E-state index contributed by atoms with van der Waals surface area (Å²) in [6.07, 6.45) is 4.95. The van der Waals surface area contributed by atoms with E-state index in [2.05, 4.69) is 25.7 Å². The van der Waals surface area contributed by atoms with Gasteiger partial charge in [0.1, 0.15) is 0 Å². The monoisotopic (exact) mass is 269 g/mol. The van der Waals surface area contributed by atoms with Gasteiger partial charge >= 0.3 is 0 Å². The van der Waals surface area contributed by atoms with E-state index in [1.165, 1.54) is 6.42 Å². The van der Waals surface area contributed by atoms with Gasteiger partial charge in [-0.3, -0.25) is 0 Å². The van der Waals surface area contributed by atoms with Crippen molar-refractivity contribution < 1.29 is 9.84 Å². The summed E-state index contributed by atoms with van der Waals surface area (Å²) in [4.78, 5) is 2.54. The average Bonchev–Trinajstić information content (AvgIpc) is 2.36. The first-order valence-electron chi connectivity index (χ1n) is 8.12. The smallest absolute Gasteiger partial charge is 0.0599 e. The van der Waals surface area contributed by atoms with Gasteiger partial charge in [-0.05, 0) is 44.4 Å². The number of aliphatic hydroxyl groups is 1. The largest absolute Gasteiger partial charge is 0.393 e. The maximum atomic E-state index is 10.3. The second kappa shape index (κ2) is 7.05. The Morgan fingerprint density at radius 3 is 2.42 bits per heavy atom. The van der Waals surface area contributed by atoms with Crippen LogP contribution in [0, 0.1) is 17.8 Å². The molecule has 4 atom stereocenters. The van der Waals surface area contributed by atoms with Gasteiger partial charge in [0, 0.05) is 32.2 Å². The van der Waals surface area contributed by atoms with Crippen LogP contribution in [0.1, 0.15) is 46.5 Å². The minimum absolute atomic E-state index is 0.0941. The van der Waals surface area contributed by atoms with Crippen LogP contribution in [-0.2, 0) is 4.74 Å². The van der Waals surface area contributed by atoms with Gasteiger partial charge in [0.05, 0.1) is 12.2 Å². The number of rotatable bonds is 4. The van der Waals surface area contributed by atoms with E-state index in [0.717, 1.165) is 45.5 Å². The molecular weight excluding hydrogens is 238 g/mol. The fraction of sp³-hybridized carbons (Fsp3) is 1.00. The van der Waals surface area contributed by atoms with Crippen LogP contribution in [0.5, 0.6) is 0 Å². The van der Waals surface area contributed by atoms with Gasteiger partial charge in [0.15, 0.2) is 0 Å². The Bertz CT molecular complexity index is 251. The van der Waals surface area contributed by atoms with E-state index in [1.807, 2.05) is 0 Å². The van der Waals surface area contributed by atoms with E-state index in [-0.39, 0.29) is 6.10 Å². The molecule has 2 aliphatic rings. The summed E-state index contributed by atoms with van der Waals surface area (Å²) >= 11 is 0. The summed E-state index contributed by atoms with van der Waals surface area (Å²) in [5.74, 6) is 1.81. The second-order valence-electron chi connectivity index (χ2n) is 6.74. The lowest BCUT2D eigenvalue weighted by Crippen LogP contribution is -2.46. The van der Waals surface area contributed by atoms with E-state index in [1.54, 1.807) is 0 Å². The molecule has 1 aliphatic carbocycles. The molecule has 1 N–H and O–H groups in total. The van der Waals surface area contributed by atoms with E-state index in [4.69, 9.17) is 4.74 Å². The van der Waals surface area contributed by atoms with Crippen LogP contribution in [-0.4, -0.2) is 48.5 Å². The van der Waals surface area contributed by atoms with Crippen molar-refractivity contribution >= 4 is 0 Å². The summed E-state index contributed by atoms with van der Waals surface area (Å²) in [7, 11) is 0. The van der Waals surface area contributed by atoms with Crippen molar-refractivity contribution in [2.24, 2.45) is 17.8 Å². The highest BCUT2D eigenvalue weighted by Crippen LogP contribution is 2.34. The first-order chi connectivity index (χ1) is 9.10. The molecule has 0 radical (unpaired) electrons. The third-order valence-electron chi connectivity index (χ3n) is 5.05. The van der Waals surface area contributed by atoms with Crippen LogP contribution in [0.3, 0.4) is 0 Å². The maximum Gasteiger partial charge on any atom is 0.0599 e. The lowest BCUT2D eigenvalue weighted by molar-refractivity contribution is -0.0239. The predicted molar refractivity (Wildman–Crippen MR) is 78.1 cm³/mol. The van der Waals surface area contributed by atoms with E-state index in [9.17, 15) is 5.11 Å². The van der Waals surface area contributed by atoms with Crippen LogP contribution in [0.15, 0.2) is 0 Å². The fourth-order valence-corrected chi connectivity index (χ4v) is 3.97. The standard InChI is InChI=1S/C16H31NO2/c1-4-19-14-5-7-17(8-6-14)11-15-13(3)9-12(2)10-16(15)18/h12-16,18H,4-11H2,1-3H3. The third kappa shape index (κ3) is 4.17. The Morgan fingerprint density at radius 2 is 1.84 bits per heavy atom. The summed E-state index contributed by atoms with van der Waals surface area (Å²) in [5, 5.41) is 10.3. The Balaban J connectivity index is 1.78. The molecule has 1 saturated carbocycles. The van der Waals surface area contributed by atoms with E-state index in [0.29, 0.717) is 23.9 Å². The first-order valence-corrected chi connectivity index (χ1v) is 8.12. The van der Waals surface area contributed by atoms with Crippen LogP contribution in [0.4, 0.5) is 0 Å². The normalized spacial score (nSPS) is 38.5. The first kappa shape index (κ1) is 15.3. The van der Waals surface area contributed by atoms with E-state index < -0.39 is 0 Å². The molecule has 0 bridgehead atoms. The van der Waals surface area contributed by atoms with Gasteiger partial charge in [-0.2, -0.15) is 0 Å². The van der Waals surface area contributed by atoms with Gasteiger partial charge in [0.25, 0.3) is 0 Å².